The number of nitrogens with two attached hydrogens (primary N) is 1. The summed E-state index contributed by atoms with van der Waals surface area (Å²) in [6.07, 6.45) is -0.229. The molecule has 2 rings (SSSR count). The first-order chi connectivity index (χ1) is 8.51. The predicted molar refractivity (Wildman–Crippen MR) is 64.2 cm³/mol. The highest BCUT2D eigenvalue weighted by Crippen LogP contribution is 2.14. The van der Waals surface area contributed by atoms with E-state index in [1.807, 2.05) is 0 Å². The van der Waals surface area contributed by atoms with Crippen LogP contribution in [-0.2, 0) is 20.5 Å². The molecule has 1 aromatic heterocycles. The third-order valence-corrected chi connectivity index (χ3v) is 4.54. The van der Waals surface area contributed by atoms with Gasteiger partial charge in [-0.1, -0.05) is 5.16 Å². The summed E-state index contributed by atoms with van der Waals surface area (Å²) in [4.78, 5) is 0. The van der Waals surface area contributed by atoms with Crippen molar-refractivity contribution >= 4 is 10.0 Å². The molecule has 1 unspecified atom stereocenters. The zero-order chi connectivity index (χ0) is 13.2. The largest absolute Gasteiger partial charge is 0.374 e. The molecule has 0 aliphatic carbocycles. The summed E-state index contributed by atoms with van der Waals surface area (Å²) in [5.74, 6) is 0.448. The maximum Gasteiger partial charge on any atom is 0.220 e. The van der Waals surface area contributed by atoms with E-state index in [4.69, 9.17) is 15.0 Å². The molecule has 8 heteroatoms. The van der Waals surface area contributed by atoms with E-state index in [0.717, 1.165) is 0 Å². The third-order valence-electron chi connectivity index (χ3n) is 2.76. The standard InChI is InChI=1S/C10H17N3O4S/c1-8-4-9(12-17-8)7-18(14,15)13-2-3-16-10(5-11)6-13/h4,10H,2-3,5-7,11H2,1H3. The van der Waals surface area contributed by atoms with E-state index in [9.17, 15) is 8.42 Å². The Labute approximate surface area is 106 Å². The summed E-state index contributed by atoms with van der Waals surface area (Å²) < 4.78 is 36.0. The molecule has 1 fully saturated rings. The van der Waals surface area contributed by atoms with Crippen molar-refractivity contribution in [1.82, 2.24) is 9.46 Å². The Hall–Kier alpha value is -0.960. The van der Waals surface area contributed by atoms with Crippen LogP contribution in [0.1, 0.15) is 11.5 Å². The monoisotopic (exact) mass is 275 g/mol. The molecule has 1 aliphatic heterocycles. The van der Waals surface area contributed by atoms with Crippen molar-refractivity contribution in [3.63, 3.8) is 0 Å². The van der Waals surface area contributed by atoms with Gasteiger partial charge in [-0.3, -0.25) is 0 Å². The highest BCUT2D eigenvalue weighted by molar-refractivity contribution is 7.88. The van der Waals surface area contributed by atoms with E-state index in [1.54, 1.807) is 13.0 Å². The molecular weight excluding hydrogens is 258 g/mol. The Bertz CT molecular complexity index is 499. The molecule has 2 N–H and O–H groups in total. The van der Waals surface area contributed by atoms with E-state index < -0.39 is 10.0 Å². The first kappa shape index (κ1) is 13.5. The van der Waals surface area contributed by atoms with Crippen molar-refractivity contribution in [3.8, 4) is 0 Å². The molecule has 0 aromatic carbocycles. The van der Waals surface area contributed by atoms with Crippen LogP contribution in [0.3, 0.4) is 0 Å². The van der Waals surface area contributed by atoms with Crippen LogP contribution in [0.15, 0.2) is 10.6 Å². The molecule has 1 aliphatic rings. The van der Waals surface area contributed by atoms with Crippen LogP contribution < -0.4 is 5.73 Å². The minimum Gasteiger partial charge on any atom is -0.374 e. The van der Waals surface area contributed by atoms with Gasteiger partial charge in [0.2, 0.25) is 10.0 Å². The highest BCUT2D eigenvalue weighted by Gasteiger charge is 2.29. The number of nitrogens with zero attached hydrogens (tertiary/aromatic N) is 2. The van der Waals surface area contributed by atoms with Gasteiger partial charge in [0.1, 0.15) is 17.2 Å². The fourth-order valence-electron chi connectivity index (χ4n) is 1.85. The van der Waals surface area contributed by atoms with Crippen molar-refractivity contribution in [2.24, 2.45) is 5.73 Å². The minimum absolute atomic E-state index is 0.151. The molecule has 0 bridgehead atoms. The van der Waals surface area contributed by atoms with Crippen molar-refractivity contribution in [1.29, 1.82) is 0 Å². The van der Waals surface area contributed by atoms with Gasteiger partial charge in [-0.2, -0.15) is 4.31 Å². The average Bonchev–Trinajstić information content (AvgIpc) is 2.74. The van der Waals surface area contributed by atoms with Gasteiger partial charge in [0.15, 0.2) is 0 Å². The average molecular weight is 275 g/mol. The number of sulfonamides is 1. The summed E-state index contributed by atoms with van der Waals surface area (Å²) in [6.45, 7) is 3.07. The lowest BCUT2D eigenvalue weighted by molar-refractivity contribution is 0.00444. The molecule has 0 saturated carbocycles. The van der Waals surface area contributed by atoms with Crippen LogP contribution in [0, 0.1) is 6.92 Å². The molecule has 102 valence electrons. The lowest BCUT2D eigenvalue weighted by atomic mass is 10.3. The number of rotatable bonds is 4. The Morgan fingerprint density at radius 3 is 3.00 bits per heavy atom. The Kier molecular flexibility index (Phi) is 4.00. The third kappa shape index (κ3) is 3.08. The molecule has 1 saturated heterocycles. The zero-order valence-corrected chi connectivity index (χ0v) is 11.0. The molecule has 0 spiro atoms. The summed E-state index contributed by atoms with van der Waals surface area (Å²) in [6, 6.07) is 1.62. The predicted octanol–water partition coefficient (Wildman–Crippen LogP) is -0.528. The van der Waals surface area contributed by atoms with E-state index in [-0.39, 0.29) is 11.9 Å². The van der Waals surface area contributed by atoms with Gasteiger partial charge < -0.3 is 15.0 Å². The van der Waals surface area contributed by atoms with Crippen LogP contribution in [0.25, 0.3) is 0 Å². The SMILES string of the molecule is Cc1cc(CS(=O)(=O)N2CCOC(CN)C2)no1. The molecular formula is C10H17N3O4S. The van der Waals surface area contributed by atoms with Crippen LogP contribution in [0.4, 0.5) is 0 Å². The lowest BCUT2D eigenvalue weighted by Crippen LogP contribution is -2.48. The Balaban J connectivity index is 2.06. The van der Waals surface area contributed by atoms with Crippen molar-refractivity contribution in [2.75, 3.05) is 26.2 Å². The number of morpholine rings is 1. The van der Waals surface area contributed by atoms with E-state index in [0.29, 0.717) is 37.7 Å². The summed E-state index contributed by atoms with van der Waals surface area (Å²) in [5, 5.41) is 3.70. The van der Waals surface area contributed by atoms with Gasteiger partial charge in [0.05, 0.1) is 12.7 Å². The smallest absolute Gasteiger partial charge is 0.220 e. The summed E-state index contributed by atoms with van der Waals surface area (Å²) in [7, 11) is -3.39. The molecule has 0 amide bonds. The Morgan fingerprint density at radius 1 is 1.61 bits per heavy atom. The van der Waals surface area contributed by atoms with Gasteiger partial charge in [0.25, 0.3) is 0 Å². The molecule has 1 atom stereocenters. The van der Waals surface area contributed by atoms with Gasteiger partial charge in [-0.25, -0.2) is 8.42 Å². The maximum atomic E-state index is 12.2. The number of hydrogen-bond acceptors (Lipinski definition) is 6. The van der Waals surface area contributed by atoms with Gasteiger partial charge in [-0.15, -0.1) is 0 Å². The topological polar surface area (TPSA) is 98.7 Å². The van der Waals surface area contributed by atoms with E-state index >= 15 is 0 Å². The molecule has 2 heterocycles. The fourth-order valence-corrected chi connectivity index (χ4v) is 3.29. The first-order valence-corrected chi connectivity index (χ1v) is 7.34. The minimum atomic E-state index is -3.39. The zero-order valence-electron chi connectivity index (χ0n) is 10.2. The van der Waals surface area contributed by atoms with Gasteiger partial charge >= 0.3 is 0 Å². The normalized spacial score (nSPS) is 22.2. The summed E-state index contributed by atoms with van der Waals surface area (Å²) >= 11 is 0. The van der Waals surface area contributed by atoms with E-state index in [1.165, 1.54) is 4.31 Å². The number of aromatic nitrogens is 1. The Morgan fingerprint density at radius 2 is 2.39 bits per heavy atom. The second-order valence-electron chi connectivity index (χ2n) is 4.27. The number of aryl methyl sites for hydroxylation is 1. The van der Waals surface area contributed by atoms with E-state index in [2.05, 4.69) is 5.16 Å². The van der Waals surface area contributed by atoms with Crippen LogP contribution >= 0.6 is 0 Å². The second-order valence-corrected chi connectivity index (χ2v) is 6.24. The quantitative estimate of drug-likeness (QED) is 0.793. The lowest BCUT2D eigenvalue weighted by Gasteiger charge is -2.31. The molecule has 18 heavy (non-hydrogen) atoms. The second kappa shape index (κ2) is 5.35. The van der Waals surface area contributed by atoms with Gasteiger partial charge in [-0.05, 0) is 6.92 Å². The van der Waals surface area contributed by atoms with Crippen LogP contribution in [0.2, 0.25) is 0 Å². The maximum absolute atomic E-state index is 12.2. The fraction of sp³-hybridized carbons (Fsp3) is 0.700. The van der Waals surface area contributed by atoms with Crippen molar-refractivity contribution in [3.05, 3.63) is 17.5 Å². The van der Waals surface area contributed by atoms with Crippen molar-refractivity contribution in [2.45, 2.75) is 18.8 Å². The van der Waals surface area contributed by atoms with Crippen LogP contribution in [0.5, 0.6) is 0 Å². The van der Waals surface area contributed by atoms with Crippen molar-refractivity contribution < 1.29 is 17.7 Å². The highest BCUT2D eigenvalue weighted by atomic mass is 32.2. The molecule has 7 nitrogen and oxygen atoms in total. The first-order valence-electron chi connectivity index (χ1n) is 5.73. The number of hydrogen-bond donors (Lipinski definition) is 1. The van der Waals surface area contributed by atoms with Gasteiger partial charge in [0, 0.05) is 25.7 Å². The molecule has 1 aromatic rings. The summed E-state index contributed by atoms with van der Waals surface area (Å²) in [5.41, 5.74) is 5.91. The number of ether oxygens (including phenoxy) is 1. The molecule has 0 radical (unpaired) electrons. The van der Waals surface area contributed by atoms with Crippen LogP contribution in [-0.4, -0.2) is 50.2 Å².